The molecule has 0 bridgehead atoms. The molecule has 0 radical (unpaired) electrons. The molecular formula is C16H30O4Si. The van der Waals surface area contributed by atoms with Gasteiger partial charge in [0, 0.05) is 13.0 Å². The average molecular weight is 314 g/mol. The molecule has 21 heavy (non-hydrogen) atoms. The van der Waals surface area contributed by atoms with Crippen molar-refractivity contribution in [2.24, 2.45) is 0 Å². The van der Waals surface area contributed by atoms with Crippen LogP contribution in [0.3, 0.4) is 0 Å². The first-order valence-electron chi connectivity index (χ1n) is 7.79. The average Bonchev–Trinajstić information content (AvgIpc) is 2.36. The highest BCUT2D eigenvalue weighted by atomic mass is 28.4. The highest BCUT2D eigenvalue weighted by molar-refractivity contribution is 6.69. The molecule has 0 aromatic heterocycles. The maximum absolute atomic E-state index is 11.2. The van der Waals surface area contributed by atoms with Crippen molar-refractivity contribution < 1.29 is 18.8 Å². The topological polar surface area (TPSA) is 52.6 Å². The number of Topliss-reactive ketones (excluding diaryl/α,β-unsaturated/α-hetero) is 1. The number of unbranched alkanes of at least 4 members (excludes halogenated alkanes) is 2. The Morgan fingerprint density at radius 3 is 2.33 bits per heavy atom. The molecule has 1 atom stereocenters. The van der Waals surface area contributed by atoms with Gasteiger partial charge in [-0.2, -0.15) is 0 Å². The van der Waals surface area contributed by atoms with Crippen molar-refractivity contribution in [2.45, 2.75) is 71.7 Å². The molecule has 5 heteroatoms. The Morgan fingerprint density at radius 1 is 1.19 bits per heavy atom. The van der Waals surface area contributed by atoms with Crippen LogP contribution >= 0.6 is 0 Å². The molecule has 0 N–H and O–H groups in total. The summed E-state index contributed by atoms with van der Waals surface area (Å²) in [5.74, 6) is 2.23. The summed E-state index contributed by atoms with van der Waals surface area (Å²) in [6.45, 7) is 10.7. The van der Waals surface area contributed by atoms with Crippen LogP contribution in [-0.2, 0) is 18.8 Å². The summed E-state index contributed by atoms with van der Waals surface area (Å²) < 4.78 is 11.4. The SMILES string of the molecule is CCOCC(=C=O)C(CCCCCC(C)=O)O[Si](C)(C)C. The monoisotopic (exact) mass is 314 g/mol. The van der Waals surface area contributed by atoms with Crippen molar-refractivity contribution >= 4 is 20.0 Å². The fourth-order valence-electron chi connectivity index (χ4n) is 2.01. The molecule has 0 rings (SSSR count). The van der Waals surface area contributed by atoms with Gasteiger partial charge in [0.15, 0.2) is 8.32 Å². The van der Waals surface area contributed by atoms with Gasteiger partial charge in [-0.3, -0.25) is 0 Å². The van der Waals surface area contributed by atoms with Gasteiger partial charge in [0.05, 0.1) is 18.3 Å². The minimum atomic E-state index is -1.73. The van der Waals surface area contributed by atoms with Crippen LogP contribution in [0.2, 0.25) is 19.6 Å². The smallest absolute Gasteiger partial charge is 0.184 e. The fraction of sp³-hybridized carbons (Fsp3) is 0.812. The van der Waals surface area contributed by atoms with Gasteiger partial charge in [-0.25, -0.2) is 4.79 Å². The van der Waals surface area contributed by atoms with Gasteiger partial charge >= 0.3 is 0 Å². The molecule has 0 aromatic carbocycles. The van der Waals surface area contributed by atoms with Crippen LogP contribution in [0.4, 0.5) is 0 Å². The molecule has 0 saturated heterocycles. The molecule has 0 spiro atoms. The Labute approximate surface area is 130 Å². The van der Waals surface area contributed by atoms with E-state index in [1.807, 2.05) is 12.9 Å². The van der Waals surface area contributed by atoms with Crippen LogP contribution in [0.15, 0.2) is 5.57 Å². The van der Waals surface area contributed by atoms with Crippen LogP contribution < -0.4 is 0 Å². The number of hydrogen-bond donors (Lipinski definition) is 0. The maximum Gasteiger partial charge on any atom is 0.184 e. The third kappa shape index (κ3) is 11.6. The first-order chi connectivity index (χ1) is 9.80. The molecule has 0 saturated carbocycles. The first-order valence-corrected chi connectivity index (χ1v) is 11.2. The normalized spacial score (nSPS) is 12.8. The van der Waals surface area contributed by atoms with E-state index >= 15 is 0 Å². The molecule has 0 aromatic rings. The minimum absolute atomic E-state index is 0.196. The summed E-state index contributed by atoms with van der Waals surface area (Å²) in [5.41, 5.74) is 0.575. The predicted octanol–water partition coefficient (Wildman–Crippen LogP) is 3.54. The van der Waals surface area contributed by atoms with Crippen molar-refractivity contribution in [3.63, 3.8) is 0 Å². The summed E-state index contributed by atoms with van der Waals surface area (Å²) in [4.78, 5) is 22.1. The number of ether oxygens (including phenoxy) is 1. The molecule has 0 aliphatic heterocycles. The zero-order valence-corrected chi connectivity index (χ0v) is 15.2. The maximum atomic E-state index is 11.2. The van der Waals surface area contributed by atoms with Crippen molar-refractivity contribution in [1.82, 2.24) is 0 Å². The standard InChI is InChI=1S/C16H30O4Si/c1-6-19-13-15(12-17)16(20-21(3,4)5)11-9-7-8-10-14(2)18/h16H,6-11,13H2,1-5H3. The molecular weight excluding hydrogens is 284 g/mol. The first kappa shape index (κ1) is 20.3. The zero-order valence-electron chi connectivity index (χ0n) is 14.2. The lowest BCUT2D eigenvalue weighted by atomic mass is 10.0. The summed E-state index contributed by atoms with van der Waals surface area (Å²) >= 11 is 0. The number of carbonyl (C=O) groups excluding carboxylic acids is 2. The van der Waals surface area contributed by atoms with Gasteiger partial charge in [0.2, 0.25) is 0 Å². The largest absolute Gasteiger partial charge is 0.410 e. The molecule has 0 aliphatic rings. The lowest BCUT2D eigenvalue weighted by Crippen LogP contribution is -2.34. The lowest BCUT2D eigenvalue weighted by Gasteiger charge is -2.27. The Bertz CT molecular complexity index is 354. The van der Waals surface area contributed by atoms with Crippen molar-refractivity contribution in [3.05, 3.63) is 5.57 Å². The molecule has 0 aliphatic carbocycles. The molecule has 122 valence electrons. The Balaban J connectivity index is 4.45. The molecule has 1 unspecified atom stereocenters. The molecule has 0 heterocycles. The van der Waals surface area contributed by atoms with Gasteiger partial charge in [0.25, 0.3) is 0 Å². The van der Waals surface area contributed by atoms with Crippen LogP contribution in [0.1, 0.15) is 46.0 Å². The number of carbonyl (C=O) groups is 1. The van der Waals surface area contributed by atoms with E-state index in [2.05, 4.69) is 19.6 Å². The second-order valence-corrected chi connectivity index (χ2v) is 10.7. The van der Waals surface area contributed by atoms with Crippen molar-refractivity contribution in [3.8, 4) is 0 Å². The molecule has 0 amide bonds. The van der Waals surface area contributed by atoms with Crippen LogP contribution in [0.25, 0.3) is 0 Å². The Morgan fingerprint density at radius 2 is 1.86 bits per heavy atom. The Hall–Kier alpha value is -0.743. The number of ketones is 1. The van der Waals surface area contributed by atoms with Crippen molar-refractivity contribution in [1.29, 1.82) is 0 Å². The quantitative estimate of drug-likeness (QED) is 0.314. The van der Waals surface area contributed by atoms with E-state index in [4.69, 9.17) is 9.16 Å². The third-order valence-electron chi connectivity index (χ3n) is 2.97. The summed E-state index contributed by atoms with van der Waals surface area (Å²) in [7, 11) is -1.73. The second kappa shape index (κ2) is 10.9. The van der Waals surface area contributed by atoms with Gasteiger partial charge < -0.3 is 14.0 Å². The third-order valence-corrected chi connectivity index (χ3v) is 3.96. The van der Waals surface area contributed by atoms with Crippen molar-refractivity contribution in [2.75, 3.05) is 13.2 Å². The van der Waals surface area contributed by atoms with Gasteiger partial charge in [0.1, 0.15) is 11.7 Å². The van der Waals surface area contributed by atoms with E-state index in [1.165, 1.54) is 0 Å². The van der Waals surface area contributed by atoms with Gasteiger partial charge in [-0.15, -0.1) is 0 Å². The molecule has 4 nitrogen and oxygen atoms in total. The van der Waals surface area contributed by atoms with E-state index in [9.17, 15) is 9.59 Å². The van der Waals surface area contributed by atoms with Crippen LogP contribution in [0, 0.1) is 0 Å². The van der Waals surface area contributed by atoms with E-state index < -0.39 is 8.32 Å². The number of hydrogen-bond acceptors (Lipinski definition) is 4. The summed E-state index contributed by atoms with van der Waals surface area (Å²) in [5, 5.41) is 0. The van der Waals surface area contributed by atoms with Gasteiger partial charge in [-0.1, -0.05) is 12.8 Å². The van der Waals surface area contributed by atoms with Crippen LogP contribution in [-0.4, -0.2) is 39.4 Å². The predicted molar refractivity (Wildman–Crippen MR) is 87.7 cm³/mol. The lowest BCUT2D eigenvalue weighted by molar-refractivity contribution is -0.117. The second-order valence-electron chi connectivity index (χ2n) is 6.28. The highest BCUT2D eigenvalue weighted by Gasteiger charge is 2.24. The minimum Gasteiger partial charge on any atom is -0.410 e. The summed E-state index contributed by atoms with van der Waals surface area (Å²) in [6, 6.07) is 0. The number of rotatable bonds is 12. The van der Waals surface area contributed by atoms with E-state index in [0.29, 0.717) is 25.2 Å². The summed E-state index contributed by atoms with van der Waals surface area (Å²) in [6.07, 6.45) is 4.05. The highest BCUT2D eigenvalue weighted by Crippen LogP contribution is 2.19. The zero-order chi connectivity index (χ0) is 16.3. The fourth-order valence-corrected chi connectivity index (χ4v) is 3.13. The van der Waals surface area contributed by atoms with Gasteiger partial charge in [-0.05, 0) is 46.3 Å². The van der Waals surface area contributed by atoms with E-state index in [-0.39, 0.29) is 11.9 Å². The van der Waals surface area contributed by atoms with E-state index in [0.717, 1.165) is 25.7 Å². The molecule has 0 fully saturated rings. The Kier molecular flexibility index (Phi) is 10.5. The van der Waals surface area contributed by atoms with E-state index in [1.54, 1.807) is 6.92 Å². The van der Waals surface area contributed by atoms with Crippen LogP contribution in [0.5, 0.6) is 0 Å².